The number of carbonyl (C=O) groups excluding carboxylic acids is 2. The van der Waals surface area contributed by atoms with E-state index in [1.165, 1.54) is 35.8 Å². The summed E-state index contributed by atoms with van der Waals surface area (Å²) >= 11 is 13.7. The highest BCUT2D eigenvalue weighted by molar-refractivity contribution is 7.99. The van der Waals surface area contributed by atoms with Crippen molar-refractivity contribution < 1.29 is 14.0 Å². The van der Waals surface area contributed by atoms with Crippen LogP contribution in [0.15, 0.2) is 42.5 Å². The van der Waals surface area contributed by atoms with Crippen molar-refractivity contribution in [1.29, 1.82) is 0 Å². The lowest BCUT2D eigenvalue weighted by molar-refractivity contribution is -0.138. The zero-order valence-electron chi connectivity index (χ0n) is 15.5. The fourth-order valence-electron chi connectivity index (χ4n) is 2.57. The van der Waals surface area contributed by atoms with E-state index in [4.69, 9.17) is 23.2 Å². The molecule has 1 atom stereocenters. The lowest BCUT2D eigenvalue weighted by Crippen LogP contribution is -2.47. The number of amides is 2. The summed E-state index contributed by atoms with van der Waals surface area (Å²) in [6.45, 7) is 1.87. The molecule has 4 nitrogen and oxygen atoms in total. The largest absolute Gasteiger partial charge is 0.357 e. The van der Waals surface area contributed by atoms with Crippen LogP contribution in [0.1, 0.15) is 18.1 Å². The van der Waals surface area contributed by atoms with E-state index in [1.807, 2.05) is 0 Å². The summed E-state index contributed by atoms with van der Waals surface area (Å²) in [5, 5.41) is 3.66. The molecule has 28 heavy (non-hydrogen) atoms. The standard InChI is InChI=1S/C20H21Cl2FN2O2S/c1-13(20(27)24-2)25(10-14-6-8-15(23)9-7-14)19(26)12-28-11-16-17(21)4-3-5-18(16)22/h3-9,13H,10-12H2,1-2H3,(H,24,27)/t13-/m1/s1. The molecule has 0 aliphatic carbocycles. The second kappa shape index (κ2) is 10.7. The number of likely N-dealkylation sites (N-methyl/N-ethyl adjacent to an activating group) is 1. The van der Waals surface area contributed by atoms with Crippen LogP contribution in [-0.2, 0) is 21.9 Å². The molecule has 2 aromatic carbocycles. The van der Waals surface area contributed by atoms with E-state index in [0.29, 0.717) is 15.8 Å². The van der Waals surface area contributed by atoms with Gasteiger partial charge in [0.2, 0.25) is 11.8 Å². The van der Waals surface area contributed by atoms with Gasteiger partial charge in [0.15, 0.2) is 0 Å². The molecule has 150 valence electrons. The number of hydrogen-bond donors (Lipinski definition) is 1. The highest BCUT2D eigenvalue weighted by Crippen LogP contribution is 2.28. The Morgan fingerprint density at radius 1 is 1.14 bits per heavy atom. The monoisotopic (exact) mass is 442 g/mol. The lowest BCUT2D eigenvalue weighted by Gasteiger charge is -2.28. The number of halogens is 3. The van der Waals surface area contributed by atoms with Gasteiger partial charge in [-0.1, -0.05) is 41.4 Å². The van der Waals surface area contributed by atoms with Crippen LogP contribution < -0.4 is 5.32 Å². The van der Waals surface area contributed by atoms with Crippen LogP contribution in [0.3, 0.4) is 0 Å². The van der Waals surface area contributed by atoms with E-state index in [-0.39, 0.29) is 29.9 Å². The first kappa shape index (κ1) is 22.5. The third kappa shape index (κ3) is 6.12. The Balaban J connectivity index is 2.07. The van der Waals surface area contributed by atoms with Gasteiger partial charge in [-0.15, -0.1) is 11.8 Å². The van der Waals surface area contributed by atoms with Crippen molar-refractivity contribution >= 4 is 46.8 Å². The maximum atomic E-state index is 13.1. The van der Waals surface area contributed by atoms with E-state index >= 15 is 0 Å². The quantitative estimate of drug-likeness (QED) is 0.653. The van der Waals surface area contributed by atoms with Crippen LogP contribution in [0.2, 0.25) is 10.0 Å². The third-order valence-electron chi connectivity index (χ3n) is 4.21. The molecule has 0 aliphatic heterocycles. The summed E-state index contributed by atoms with van der Waals surface area (Å²) in [5.41, 5.74) is 1.51. The van der Waals surface area contributed by atoms with Crippen molar-refractivity contribution in [3.05, 3.63) is 69.5 Å². The van der Waals surface area contributed by atoms with Crippen molar-refractivity contribution in [3.8, 4) is 0 Å². The summed E-state index contributed by atoms with van der Waals surface area (Å²) in [6.07, 6.45) is 0. The van der Waals surface area contributed by atoms with Crippen molar-refractivity contribution in [2.24, 2.45) is 0 Å². The molecule has 0 aliphatic rings. The predicted octanol–water partition coefficient (Wildman–Crippen LogP) is 4.53. The minimum Gasteiger partial charge on any atom is -0.357 e. The molecule has 0 spiro atoms. The summed E-state index contributed by atoms with van der Waals surface area (Å²) in [7, 11) is 1.52. The first-order valence-electron chi connectivity index (χ1n) is 8.59. The Kier molecular flexibility index (Phi) is 8.60. The number of thioether (sulfide) groups is 1. The SMILES string of the molecule is CNC(=O)[C@@H](C)N(Cc1ccc(F)cc1)C(=O)CSCc1c(Cl)cccc1Cl. The zero-order chi connectivity index (χ0) is 20.7. The number of carbonyl (C=O) groups is 2. The Labute approximate surface area is 178 Å². The second-order valence-electron chi connectivity index (χ2n) is 6.13. The maximum absolute atomic E-state index is 13.1. The third-order valence-corrected chi connectivity index (χ3v) is 5.87. The van der Waals surface area contributed by atoms with E-state index in [1.54, 1.807) is 37.3 Å². The van der Waals surface area contributed by atoms with Crippen LogP contribution in [0.25, 0.3) is 0 Å². The van der Waals surface area contributed by atoms with Crippen LogP contribution in [0.4, 0.5) is 4.39 Å². The van der Waals surface area contributed by atoms with Crippen molar-refractivity contribution in [3.63, 3.8) is 0 Å². The van der Waals surface area contributed by atoms with Crippen molar-refractivity contribution in [2.45, 2.75) is 25.3 Å². The first-order valence-corrected chi connectivity index (χ1v) is 10.5. The highest BCUT2D eigenvalue weighted by atomic mass is 35.5. The molecule has 0 heterocycles. The molecule has 1 N–H and O–H groups in total. The fourth-order valence-corrected chi connectivity index (χ4v) is 4.22. The zero-order valence-corrected chi connectivity index (χ0v) is 17.9. The molecule has 0 radical (unpaired) electrons. The molecular weight excluding hydrogens is 422 g/mol. The molecule has 2 rings (SSSR count). The Hall–Kier alpha value is -1.76. The Morgan fingerprint density at radius 3 is 2.32 bits per heavy atom. The van der Waals surface area contributed by atoms with Gasteiger partial charge >= 0.3 is 0 Å². The number of benzene rings is 2. The van der Waals surface area contributed by atoms with E-state index in [0.717, 1.165) is 11.1 Å². The van der Waals surface area contributed by atoms with Crippen LogP contribution >= 0.6 is 35.0 Å². The van der Waals surface area contributed by atoms with Gasteiger partial charge in [0, 0.05) is 29.4 Å². The lowest BCUT2D eigenvalue weighted by atomic mass is 10.1. The molecule has 0 bridgehead atoms. The predicted molar refractivity (Wildman–Crippen MR) is 113 cm³/mol. The number of nitrogens with one attached hydrogen (secondary N) is 1. The van der Waals surface area contributed by atoms with Gasteiger partial charge in [0.1, 0.15) is 11.9 Å². The average molecular weight is 443 g/mol. The molecule has 0 saturated heterocycles. The van der Waals surface area contributed by atoms with Crippen LogP contribution in [0, 0.1) is 5.82 Å². The summed E-state index contributed by atoms with van der Waals surface area (Å²) in [4.78, 5) is 26.4. The molecule has 0 fully saturated rings. The minimum atomic E-state index is -0.660. The number of hydrogen-bond acceptors (Lipinski definition) is 3. The van der Waals surface area contributed by atoms with E-state index in [2.05, 4.69) is 5.32 Å². The molecule has 0 unspecified atom stereocenters. The maximum Gasteiger partial charge on any atom is 0.242 e. The number of nitrogens with zero attached hydrogens (tertiary/aromatic N) is 1. The molecule has 0 aromatic heterocycles. The topological polar surface area (TPSA) is 49.4 Å². The average Bonchev–Trinajstić information content (AvgIpc) is 2.68. The van der Waals surface area contributed by atoms with E-state index < -0.39 is 6.04 Å². The summed E-state index contributed by atoms with van der Waals surface area (Å²) in [5.74, 6) is -0.191. The second-order valence-corrected chi connectivity index (χ2v) is 7.93. The van der Waals surface area contributed by atoms with Gasteiger partial charge in [-0.3, -0.25) is 9.59 Å². The smallest absolute Gasteiger partial charge is 0.242 e. The van der Waals surface area contributed by atoms with Gasteiger partial charge in [-0.2, -0.15) is 0 Å². The van der Waals surface area contributed by atoms with Gasteiger partial charge in [0.05, 0.1) is 5.75 Å². The normalized spacial score (nSPS) is 11.8. The van der Waals surface area contributed by atoms with Crippen LogP contribution in [0.5, 0.6) is 0 Å². The van der Waals surface area contributed by atoms with Gasteiger partial charge in [-0.25, -0.2) is 4.39 Å². The van der Waals surface area contributed by atoms with Crippen LogP contribution in [-0.4, -0.2) is 35.6 Å². The van der Waals surface area contributed by atoms with E-state index in [9.17, 15) is 14.0 Å². The summed E-state index contributed by atoms with van der Waals surface area (Å²) < 4.78 is 13.1. The molecular formula is C20H21Cl2FN2O2S. The first-order chi connectivity index (χ1) is 13.3. The van der Waals surface area contributed by atoms with Crippen molar-refractivity contribution in [1.82, 2.24) is 10.2 Å². The van der Waals surface area contributed by atoms with Gasteiger partial charge in [0.25, 0.3) is 0 Å². The summed E-state index contributed by atoms with van der Waals surface area (Å²) in [6, 6.07) is 10.5. The minimum absolute atomic E-state index is 0.157. The fraction of sp³-hybridized carbons (Fsp3) is 0.300. The Morgan fingerprint density at radius 2 is 1.75 bits per heavy atom. The highest BCUT2D eigenvalue weighted by Gasteiger charge is 2.25. The Bertz CT molecular complexity index is 813. The van der Waals surface area contributed by atoms with Gasteiger partial charge in [-0.05, 0) is 42.3 Å². The molecule has 2 aromatic rings. The molecule has 2 amide bonds. The number of rotatable bonds is 8. The van der Waals surface area contributed by atoms with Gasteiger partial charge < -0.3 is 10.2 Å². The van der Waals surface area contributed by atoms with Crippen molar-refractivity contribution in [2.75, 3.05) is 12.8 Å². The molecule has 8 heteroatoms. The molecule has 0 saturated carbocycles.